The Morgan fingerprint density at radius 1 is 1.14 bits per heavy atom. The smallest absolute Gasteiger partial charge is 0.263 e. The van der Waals surface area contributed by atoms with Crippen LogP contribution in [0.1, 0.15) is 0 Å². The maximum atomic E-state index is 12.0. The summed E-state index contributed by atoms with van der Waals surface area (Å²) in [5.41, 5.74) is 1.52. The van der Waals surface area contributed by atoms with Gasteiger partial charge in [-0.1, -0.05) is 47.1 Å². The van der Waals surface area contributed by atoms with Crippen LogP contribution in [0.2, 0.25) is 10.0 Å². The second-order valence-corrected chi connectivity index (χ2v) is 6.26. The van der Waals surface area contributed by atoms with Crippen molar-refractivity contribution in [1.29, 1.82) is 0 Å². The normalized spacial score (nSPS) is 15.5. The molecule has 0 saturated carbocycles. The molecule has 3 rings (SSSR count). The van der Waals surface area contributed by atoms with Crippen molar-refractivity contribution in [2.75, 3.05) is 10.6 Å². The van der Waals surface area contributed by atoms with Crippen LogP contribution in [-0.2, 0) is 4.79 Å². The van der Waals surface area contributed by atoms with Gasteiger partial charge in [-0.3, -0.25) is 4.79 Å². The van der Waals surface area contributed by atoms with Crippen molar-refractivity contribution in [2.45, 2.75) is 4.90 Å². The monoisotopic (exact) mass is 336 g/mol. The van der Waals surface area contributed by atoms with Gasteiger partial charge in [0, 0.05) is 16.1 Å². The number of hydrogen-bond donors (Lipinski definition) is 2. The number of halogens is 2. The van der Waals surface area contributed by atoms with Crippen LogP contribution in [0.5, 0.6) is 0 Å². The minimum Gasteiger partial charge on any atom is -0.359 e. The highest BCUT2D eigenvalue weighted by atomic mass is 35.5. The summed E-state index contributed by atoms with van der Waals surface area (Å²) in [5, 5.41) is 7.11. The number of thioether (sulfide) groups is 1. The van der Waals surface area contributed by atoms with Crippen molar-refractivity contribution < 1.29 is 4.79 Å². The van der Waals surface area contributed by atoms with Crippen molar-refractivity contribution in [3.8, 4) is 0 Å². The molecule has 1 heterocycles. The molecule has 1 aliphatic heterocycles. The van der Waals surface area contributed by atoms with Crippen LogP contribution in [0, 0.1) is 0 Å². The highest BCUT2D eigenvalue weighted by Gasteiger charge is 2.21. The Morgan fingerprint density at radius 3 is 2.76 bits per heavy atom. The minimum absolute atomic E-state index is 0.158. The first-order valence-corrected chi connectivity index (χ1v) is 7.71. The SMILES string of the molecule is O=C1Nc2ccc(Cl)cc2S/C1=C/Nc1ccccc1Cl. The lowest BCUT2D eigenvalue weighted by molar-refractivity contribution is -0.112. The molecule has 1 amide bonds. The summed E-state index contributed by atoms with van der Waals surface area (Å²) in [6.07, 6.45) is 1.64. The molecule has 0 unspecified atom stereocenters. The average Bonchev–Trinajstić information content (AvgIpc) is 2.47. The van der Waals surface area contributed by atoms with Gasteiger partial charge in [0.1, 0.15) is 0 Å². The lowest BCUT2D eigenvalue weighted by Gasteiger charge is -2.18. The third kappa shape index (κ3) is 3.18. The number of carbonyl (C=O) groups excluding carboxylic acids is 1. The Labute approximate surface area is 136 Å². The maximum absolute atomic E-state index is 12.0. The molecule has 1 aliphatic rings. The summed E-state index contributed by atoms with van der Waals surface area (Å²) in [5.74, 6) is -0.158. The standard InChI is InChI=1S/C15H10Cl2N2OS/c16-9-5-6-12-13(7-9)21-14(15(20)19-12)8-18-11-4-2-1-3-10(11)17/h1-8,18H,(H,19,20)/b14-8+. The van der Waals surface area contributed by atoms with Crippen LogP contribution in [0.15, 0.2) is 58.5 Å². The van der Waals surface area contributed by atoms with Crippen molar-refractivity contribution in [2.24, 2.45) is 0 Å². The van der Waals surface area contributed by atoms with E-state index in [1.165, 1.54) is 11.8 Å². The van der Waals surface area contributed by atoms with Crippen LogP contribution >= 0.6 is 35.0 Å². The molecular formula is C15H10Cl2N2OS. The Balaban J connectivity index is 1.85. The van der Waals surface area contributed by atoms with Crippen molar-refractivity contribution in [3.05, 3.63) is 63.6 Å². The first kappa shape index (κ1) is 14.3. The Bertz CT molecular complexity index is 746. The van der Waals surface area contributed by atoms with Gasteiger partial charge in [0.05, 0.1) is 21.3 Å². The highest BCUT2D eigenvalue weighted by Crippen LogP contribution is 2.39. The molecular weight excluding hydrogens is 327 g/mol. The zero-order chi connectivity index (χ0) is 14.8. The molecule has 0 saturated heterocycles. The Morgan fingerprint density at radius 2 is 1.95 bits per heavy atom. The van der Waals surface area contributed by atoms with E-state index < -0.39 is 0 Å². The zero-order valence-corrected chi connectivity index (χ0v) is 13.0. The van der Waals surface area contributed by atoms with Crippen LogP contribution in [0.4, 0.5) is 11.4 Å². The number of amides is 1. The Hall–Kier alpha value is -1.62. The number of carbonyl (C=O) groups is 1. The topological polar surface area (TPSA) is 41.1 Å². The molecule has 0 radical (unpaired) electrons. The van der Waals surface area contributed by atoms with E-state index in [0.717, 1.165) is 16.3 Å². The largest absolute Gasteiger partial charge is 0.359 e. The van der Waals surface area contributed by atoms with E-state index in [0.29, 0.717) is 15.0 Å². The molecule has 2 aromatic rings. The minimum atomic E-state index is -0.158. The van der Waals surface area contributed by atoms with Crippen LogP contribution < -0.4 is 10.6 Å². The summed E-state index contributed by atoms with van der Waals surface area (Å²) in [4.78, 5) is 13.5. The predicted octanol–water partition coefficient (Wildman–Crippen LogP) is 4.99. The van der Waals surface area contributed by atoms with Crippen LogP contribution in [0.25, 0.3) is 0 Å². The zero-order valence-electron chi connectivity index (χ0n) is 10.7. The molecule has 2 N–H and O–H groups in total. The summed E-state index contributed by atoms with van der Waals surface area (Å²) in [7, 11) is 0. The molecule has 0 fully saturated rings. The van der Waals surface area contributed by atoms with Gasteiger partial charge in [-0.2, -0.15) is 0 Å². The molecule has 0 aliphatic carbocycles. The quantitative estimate of drug-likeness (QED) is 0.759. The maximum Gasteiger partial charge on any atom is 0.263 e. The number of hydrogen-bond acceptors (Lipinski definition) is 3. The number of nitrogens with one attached hydrogen (secondary N) is 2. The highest BCUT2D eigenvalue weighted by molar-refractivity contribution is 8.04. The molecule has 0 bridgehead atoms. The van der Waals surface area contributed by atoms with E-state index in [2.05, 4.69) is 10.6 Å². The second kappa shape index (κ2) is 6.02. The molecule has 0 atom stereocenters. The number of anilines is 2. The lowest BCUT2D eigenvalue weighted by Crippen LogP contribution is -2.18. The van der Waals surface area contributed by atoms with Crippen molar-refractivity contribution in [3.63, 3.8) is 0 Å². The van der Waals surface area contributed by atoms with Gasteiger partial charge in [-0.05, 0) is 30.3 Å². The van der Waals surface area contributed by atoms with E-state index in [-0.39, 0.29) is 5.91 Å². The molecule has 6 heteroatoms. The number of fused-ring (bicyclic) bond motifs is 1. The molecule has 0 spiro atoms. The van der Waals surface area contributed by atoms with Crippen molar-refractivity contribution >= 4 is 52.2 Å². The van der Waals surface area contributed by atoms with Crippen LogP contribution in [0.3, 0.4) is 0 Å². The first-order chi connectivity index (χ1) is 10.1. The van der Waals surface area contributed by atoms with Gasteiger partial charge in [0.15, 0.2) is 0 Å². The predicted molar refractivity (Wildman–Crippen MR) is 89.1 cm³/mol. The van der Waals surface area contributed by atoms with Gasteiger partial charge in [-0.25, -0.2) is 0 Å². The van der Waals surface area contributed by atoms with Crippen LogP contribution in [-0.4, -0.2) is 5.91 Å². The van der Waals surface area contributed by atoms with E-state index in [1.807, 2.05) is 24.3 Å². The van der Waals surface area contributed by atoms with Gasteiger partial charge < -0.3 is 10.6 Å². The third-order valence-electron chi connectivity index (χ3n) is 2.87. The molecule has 2 aromatic carbocycles. The van der Waals surface area contributed by atoms with Gasteiger partial charge >= 0.3 is 0 Å². The summed E-state index contributed by atoms with van der Waals surface area (Å²) < 4.78 is 0. The number of benzene rings is 2. The van der Waals surface area contributed by atoms with Gasteiger partial charge in [0.25, 0.3) is 5.91 Å². The van der Waals surface area contributed by atoms with Gasteiger partial charge in [0.2, 0.25) is 0 Å². The molecule has 106 valence electrons. The summed E-state index contributed by atoms with van der Waals surface area (Å²) in [6, 6.07) is 12.7. The summed E-state index contributed by atoms with van der Waals surface area (Å²) in [6.45, 7) is 0. The fraction of sp³-hybridized carbons (Fsp3) is 0. The third-order valence-corrected chi connectivity index (χ3v) is 4.51. The van der Waals surface area contributed by atoms with E-state index in [4.69, 9.17) is 23.2 Å². The Kier molecular flexibility index (Phi) is 4.10. The lowest BCUT2D eigenvalue weighted by atomic mass is 10.3. The number of para-hydroxylation sites is 1. The molecule has 21 heavy (non-hydrogen) atoms. The van der Waals surface area contributed by atoms with Gasteiger partial charge in [-0.15, -0.1) is 0 Å². The number of rotatable bonds is 2. The average molecular weight is 337 g/mol. The van der Waals surface area contributed by atoms with E-state index in [1.54, 1.807) is 24.4 Å². The van der Waals surface area contributed by atoms with E-state index in [9.17, 15) is 4.79 Å². The molecule has 0 aromatic heterocycles. The fourth-order valence-corrected chi connectivity index (χ4v) is 3.19. The van der Waals surface area contributed by atoms with Crippen molar-refractivity contribution in [1.82, 2.24) is 0 Å². The molecule has 3 nitrogen and oxygen atoms in total. The van der Waals surface area contributed by atoms with E-state index >= 15 is 0 Å². The second-order valence-electron chi connectivity index (χ2n) is 4.33. The fourth-order valence-electron chi connectivity index (χ4n) is 1.85. The summed E-state index contributed by atoms with van der Waals surface area (Å²) >= 11 is 13.4. The first-order valence-electron chi connectivity index (χ1n) is 6.13.